The second-order valence-corrected chi connectivity index (χ2v) is 5.14. The number of nitrogens with one attached hydrogen (secondary N) is 2. The number of nitro groups is 1. The molecular formula is C17H19N3O4. The average molecular weight is 329 g/mol. The Hall–Kier alpha value is -3.09. The van der Waals surface area contributed by atoms with E-state index in [-0.39, 0.29) is 18.3 Å². The first kappa shape index (κ1) is 17.3. The third kappa shape index (κ3) is 5.28. The Kier molecular flexibility index (Phi) is 6.13. The number of amides is 2. The van der Waals surface area contributed by atoms with Gasteiger partial charge in [0.25, 0.3) is 5.69 Å². The molecule has 2 aromatic carbocycles. The van der Waals surface area contributed by atoms with Crippen LogP contribution in [0, 0.1) is 10.1 Å². The highest BCUT2D eigenvalue weighted by Crippen LogP contribution is 2.13. The van der Waals surface area contributed by atoms with E-state index < -0.39 is 4.92 Å². The molecule has 0 heterocycles. The molecule has 0 atom stereocenters. The van der Waals surface area contributed by atoms with Crippen LogP contribution >= 0.6 is 0 Å². The van der Waals surface area contributed by atoms with Crippen molar-refractivity contribution < 1.29 is 14.5 Å². The van der Waals surface area contributed by atoms with Crippen molar-refractivity contribution in [1.29, 1.82) is 0 Å². The SMILES string of the molecule is COc1cccc(CCNC(=O)NCc2cccc([N+](=O)[O-])c2)c1. The number of carbonyl (C=O) groups excluding carboxylic acids is 1. The van der Waals surface area contributed by atoms with Crippen LogP contribution in [-0.2, 0) is 13.0 Å². The molecule has 2 amide bonds. The van der Waals surface area contributed by atoms with E-state index >= 15 is 0 Å². The smallest absolute Gasteiger partial charge is 0.315 e. The second kappa shape index (κ2) is 8.52. The molecule has 7 heteroatoms. The number of non-ortho nitro benzene ring substituents is 1. The largest absolute Gasteiger partial charge is 0.497 e. The van der Waals surface area contributed by atoms with Crippen LogP contribution in [0.3, 0.4) is 0 Å². The van der Waals surface area contributed by atoms with Crippen LogP contribution in [0.25, 0.3) is 0 Å². The van der Waals surface area contributed by atoms with Crippen molar-refractivity contribution in [1.82, 2.24) is 10.6 Å². The van der Waals surface area contributed by atoms with Gasteiger partial charge in [0.2, 0.25) is 0 Å². The van der Waals surface area contributed by atoms with Crippen molar-refractivity contribution in [2.75, 3.05) is 13.7 Å². The van der Waals surface area contributed by atoms with E-state index in [0.717, 1.165) is 11.3 Å². The van der Waals surface area contributed by atoms with Crippen LogP contribution in [0.5, 0.6) is 5.75 Å². The standard InChI is InChI=1S/C17H19N3O4/c1-24-16-7-3-4-13(11-16)8-9-18-17(21)19-12-14-5-2-6-15(10-14)20(22)23/h2-7,10-11H,8-9,12H2,1H3,(H2,18,19,21). The molecular weight excluding hydrogens is 310 g/mol. The third-order valence-corrected chi connectivity index (χ3v) is 3.41. The minimum atomic E-state index is -0.461. The molecule has 2 N–H and O–H groups in total. The van der Waals surface area contributed by atoms with Crippen molar-refractivity contribution in [3.63, 3.8) is 0 Å². The molecule has 0 saturated carbocycles. The summed E-state index contributed by atoms with van der Waals surface area (Å²) in [6, 6.07) is 13.5. The van der Waals surface area contributed by atoms with Gasteiger partial charge in [0, 0.05) is 25.2 Å². The highest BCUT2D eigenvalue weighted by molar-refractivity contribution is 5.73. The molecule has 126 valence electrons. The van der Waals surface area contributed by atoms with Gasteiger partial charge in [-0.05, 0) is 29.7 Å². The molecule has 0 fully saturated rings. The van der Waals surface area contributed by atoms with Crippen molar-refractivity contribution in [2.45, 2.75) is 13.0 Å². The summed E-state index contributed by atoms with van der Waals surface area (Å²) in [5.74, 6) is 0.780. The maximum absolute atomic E-state index is 11.8. The Morgan fingerprint density at radius 1 is 1.12 bits per heavy atom. The molecule has 0 bridgehead atoms. The molecule has 2 rings (SSSR count). The molecule has 7 nitrogen and oxygen atoms in total. The summed E-state index contributed by atoms with van der Waals surface area (Å²) in [5.41, 5.74) is 1.74. The number of rotatable bonds is 7. The number of nitro benzene ring substituents is 1. The minimum Gasteiger partial charge on any atom is -0.497 e. The van der Waals surface area contributed by atoms with E-state index in [0.29, 0.717) is 18.5 Å². The Morgan fingerprint density at radius 3 is 2.62 bits per heavy atom. The summed E-state index contributed by atoms with van der Waals surface area (Å²) in [6.07, 6.45) is 0.682. The Labute approximate surface area is 139 Å². The van der Waals surface area contributed by atoms with Crippen molar-refractivity contribution in [3.8, 4) is 5.75 Å². The van der Waals surface area contributed by atoms with Crippen LogP contribution in [0.1, 0.15) is 11.1 Å². The molecule has 0 aromatic heterocycles. The van der Waals surface area contributed by atoms with Crippen LogP contribution in [0.15, 0.2) is 48.5 Å². The Morgan fingerprint density at radius 2 is 1.88 bits per heavy atom. The fraction of sp³-hybridized carbons (Fsp3) is 0.235. The quantitative estimate of drug-likeness (QED) is 0.603. The predicted molar refractivity (Wildman–Crippen MR) is 90.0 cm³/mol. The summed E-state index contributed by atoms with van der Waals surface area (Å²) >= 11 is 0. The van der Waals surface area contributed by atoms with E-state index in [9.17, 15) is 14.9 Å². The maximum Gasteiger partial charge on any atom is 0.315 e. The highest BCUT2D eigenvalue weighted by atomic mass is 16.6. The van der Waals surface area contributed by atoms with Crippen LogP contribution in [0.2, 0.25) is 0 Å². The molecule has 0 radical (unpaired) electrons. The van der Waals surface area contributed by atoms with Gasteiger partial charge in [-0.25, -0.2) is 4.79 Å². The van der Waals surface area contributed by atoms with E-state index in [2.05, 4.69) is 10.6 Å². The van der Waals surface area contributed by atoms with Crippen LogP contribution in [0.4, 0.5) is 10.5 Å². The first-order valence-electron chi connectivity index (χ1n) is 7.46. The second-order valence-electron chi connectivity index (χ2n) is 5.14. The van der Waals surface area contributed by atoms with Crippen LogP contribution in [-0.4, -0.2) is 24.6 Å². The maximum atomic E-state index is 11.8. The number of ether oxygens (including phenoxy) is 1. The van der Waals surface area contributed by atoms with Crippen molar-refractivity contribution in [3.05, 3.63) is 69.8 Å². The molecule has 0 aliphatic rings. The summed E-state index contributed by atoms with van der Waals surface area (Å²) in [6.45, 7) is 0.709. The van der Waals surface area contributed by atoms with Gasteiger partial charge in [0.05, 0.1) is 12.0 Å². The number of methoxy groups -OCH3 is 1. The zero-order chi connectivity index (χ0) is 17.4. The van der Waals surface area contributed by atoms with Gasteiger partial charge in [-0.3, -0.25) is 10.1 Å². The van der Waals surface area contributed by atoms with E-state index in [4.69, 9.17) is 4.74 Å². The molecule has 24 heavy (non-hydrogen) atoms. The predicted octanol–water partition coefficient (Wildman–Crippen LogP) is 2.65. The van der Waals surface area contributed by atoms with Crippen molar-refractivity contribution in [2.24, 2.45) is 0 Å². The topological polar surface area (TPSA) is 93.5 Å². The lowest BCUT2D eigenvalue weighted by molar-refractivity contribution is -0.384. The highest BCUT2D eigenvalue weighted by Gasteiger charge is 2.06. The molecule has 0 spiro atoms. The fourth-order valence-corrected chi connectivity index (χ4v) is 2.17. The summed E-state index contributed by atoms with van der Waals surface area (Å²) in [5, 5.41) is 16.1. The summed E-state index contributed by atoms with van der Waals surface area (Å²) < 4.78 is 5.15. The lowest BCUT2D eigenvalue weighted by Gasteiger charge is -2.08. The number of urea groups is 1. The molecule has 0 aliphatic carbocycles. The number of hydrogen-bond donors (Lipinski definition) is 2. The van der Waals surface area contributed by atoms with Gasteiger partial charge >= 0.3 is 6.03 Å². The number of benzene rings is 2. The van der Waals surface area contributed by atoms with E-state index in [1.54, 1.807) is 19.2 Å². The molecule has 0 unspecified atom stereocenters. The summed E-state index contributed by atoms with van der Waals surface area (Å²) in [7, 11) is 1.61. The van der Waals surface area contributed by atoms with Gasteiger partial charge in [-0.1, -0.05) is 24.3 Å². The Balaban J connectivity index is 1.75. The average Bonchev–Trinajstić information content (AvgIpc) is 2.60. The lowest BCUT2D eigenvalue weighted by Crippen LogP contribution is -2.36. The normalized spacial score (nSPS) is 10.0. The first-order valence-corrected chi connectivity index (χ1v) is 7.46. The van der Waals surface area contributed by atoms with Gasteiger partial charge < -0.3 is 15.4 Å². The molecule has 0 aliphatic heterocycles. The number of carbonyl (C=O) groups is 1. The molecule has 0 saturated heterocycles. The van der Waals surface area contributed by atoms with E-state index in [1.165, 1.54) is 12.1 Å². The zero-order valence-electron chi connectivity index (χ0n) is 13.3. The first-order chi connectivity index (χ1) is 11.6. The zero-order valence-corrected chi connectivity index (χ0v) is 13.3. The fourth-order valence-electron chi connectivity index (χ4n) is 2.17. The lowest BCUT2D eigenvalue weighted by atomic mass is 10.1. The van der Waals surface area contributed by atoms with Gasteiger partial charge in [0.15, 0.2) is 0 Å². The van der Waals surface area contributed by atoms with Gasteiger partial charge in [-0.15, -0.1) is 0 Å². The minimum absolute atomic E-state index is 0.00716. The van der Waals surface area contributed by atoms with Crippen LogP contribution < -0.4 is 15.4 Å². The van der Waals surface area contributed by atoms with E-state index in [1.807, 2.05) is 24.3 Å². The van der Waals surface area contributed by atoms with Crippen molar-refractivity contribution >= 4 is 11.7 Å². The Bertz CT molecular complexity index is 718. The monoisotopic (exact) mass is 329 g/mol. The summed E-state index contributed by atoms with van der Waals surface area (Å²) in [4.78, 5) is 22.0. The number of hydrogen-bond acceptors (Lipinski definition) is 4. The third-order valence-electron chi connectivity index (χ3n) is 3.41. The molecule has 2 aromatic rings. The van der Waals surface area contributed by atoms with Gasteiger partial charge in [-0.2, -0.15) is 0 Å². The van der Waals surface area contributed by atoms with Gasteiger partial charge in [0.1, 0.15) is 5.75 Å². The number of nitrogens with zero attached hydrogens (tertiary/aromatic N) is 1.